The maximum Gasteiger partial charge on any atom is 0.409 e. The van der Waals surface area contributed by atoms with E-state index in [2.05, 4.69) is 5.10 Å². The molecule has 1 aliphatic rings. The lowest BCUT2D eigenvalue weighted by Gasteiger charge is -2.35. The summed E-state index contributed by atoms with van der Waals surface area (Å²) in [5.74, 6) is 0.806. The van der Waals surface area contributed by atoms with Gasteiger partial charge >= 0.3 is 11.7 Å². The highest BCUT2D eigenvalue weighted by atomic mass is 35.5. The molecule has 0 radical (unpaired) electrons. The number of amides is 1. The number of anilines is 1. The first-order valence-electron chi connectivity index (χ1n) is 12.5. The van der Waals surface area contributed by atoms with Crippen molar-refractivity contribution < 1.29 is 19.4 Å². The van der Waals surface area contributed by atoms with E-state index in [1.54, 1.807) is 66.6 Å². The van der Waals surface area contributed by atoms with Crippen LogP contribution in [0, 0.1) is 0 Å². The number of carbonyl (C=O) groups excluding carboxylic acids is 1. The molecule has 0 bridgehead atoms. The minimum atomic E-state index is -0.426. The fourth-order valence-corrected chi connectivity index (χ4v) is 4.47. The fraction of sp³-hybridized carbons (Fsp3) is 0.207. The average Bonchev–Trinajstić information content (AvgIpc) is 2.96. The van der Waals surface area contributed by atoms with Crippen LogP contribution in [-0.2, 0) is 4.74 Å². The van der Waals surface area contributed by atoms with Gasteiger partial charge in [-0.15, -0.1) is 0 Å². The molecular formula is C29H27ClN4O5. The summed E-state index contributed by atoms with van der Waals surface area (Å²) < 4.78 is 12.6. The molecule has 1 aliphatic heterocycles. The summed E-state index contributed by atoms with van der Waals surface area (Å²) in [4.78, 5) is 29.5. The van der Waals surface area contributed by atoms with Crippen molar-refractivity contribution in [2.75, 3.05) is 37.7 Å². The SMILES string of the molecule is CCOC(=O)N1CCN(c2cnn(-c3ccc(Cl)cc3)c(=O)c2Oc2ccc(-c3ccc(O)cc3)cc2)CC1. The lowest BCUT2D eigenvalue weighted by atomic mass is 10.1. The molecule has 0 saturated carbocycles. The first-order valence-corrected chi connectivity index (χ1v) is 12.9. The minimum absolute atomic E-state index is 0.127. The first-order chi connectivity index (χ1) is 18.9. The second kappa shape index (κ2) is 11.5. The number of phenols is 1. The Hall–Kier alpha value is -4.50. The summed E-state index contributed by atoms with van der Waals surface area (Å²) in [5.41, 5.74) is 2.54. The predicted molar refractivity (Wildman–Crippen MR) is 149 cm³/mol. The lowest BCUT2D eigenvalue weighted by Crippen LogP contribution is -2.49. The third kappa shape index (κ3) is 5.83. The molecule has 10 heteroatoms. The Balaban J connectivity index is 1.46. The zero-order valence-corrected chi connectivity index (χ0v) is 22.0. The van der Waals surface area contributed by atoms with Crippen LogP contribution < -0.4 is 15.2 Å². The van der Waals surface area contributed by atoms with Gasteiger partial charge in [0.1, 0.15) is 17.2 Å². The van der Waals surface area contributed by atoms with Crippen LogP contribution in [0.1, 0.15) is 6.92 Å². The minimum Gasteiger partial charge on any atom is -0.508 e. The van der Waals surface area contributed by atoms with E-state index in [-0.39, 0.29) is 17.6 Å². The van der Waals surface area contributed by atoms with E-state index in [9.17, 15) is 14.7 Å². The Morgan fingerprint density at radius 2 is 1.54 bits per heavy atom. The molecule has 200 valence electrons. The molecule has 3 aromatic carbocycles. The summed E-state index contributed by atoms with van der Waals surface area (Å²) in [6, 6.07) is 21.1. The van der Waals surface area contributed by atoms with E-state index >= 15 is 0 Å². The Bertz CT molecular complexity index is 1500. The molecule has 0 atom stereocenters. The van der Waals surface area contributed by atoms with Crippen molar-refractivity contribution in [3.63, 3.8) is 0 Å². The highest BCUT2D eigenvalue weighted by molar-refractivity contribution is 6.30. The number of aromatic nitrogens is 2. The van der Waals surface area contributed by atoms with Crippen molar-refractivity contribution >= 4 is 23.4 Å². The van der Waals surface area contributed by atoms with Crippen LogP contribution in [0.4, 0.5) is 10.5 Å². The number of ether oxygens (including phenoxy) is 2. The smallest absolute Gasteiger partial charge is 0.409 e. The van der Waals surface area contributed by atoms with Crippen molar-refractivity contribution in [2.45, 2.75) is 6.92 Å². The van der Waals surface area contributed by atoms with Crippen LogP contribution in [0.15, 0.2) is 83.8 Å². The van der Waals surface area contributed by atoms with Crippen LogP contribution in [0.2, 0.25) is 5.02 Å². The summed E-state index contributed by atoms with van der Waals surface area (Å²) in [6.07, 6.45) is 1.26. The third-order valence-electron chi connectivity index (χ3n) is 6.41. The number of nitrogens with zero attached hydrogens (tertiary/aromatic N) is 4. The largest absolute Gasteiger partial charge is 0.508 e. The molecule has 0 aliphatic carbocycles. The molecule has 1 saturated heterocycles. The number of aromatic hydroxyl groups is 1. The Morgan fingerprint density at radius 3 is 2.15 bits per heavy atom. The summed E-state index contributed by atoms with van der Waals surface area (Å²) >= 11 is 6.03. The van der Waals surface area contributed by atoms with E-state index in [4.69, 9.17) is 21.1 Å². The Kier molecular flexibility index (Phi) is 7.69. The van der Waals surface area contributed by atoms with Crippen molar-refractivity contribution in [1.29, 1.82) is 0 Å². The van der Waals surface area contributed by atoms with Crippen LogP contribution in [0.5, 0.6) is 17.2 Å². The molecule has 39 heavy (non-hydrogen) atoms. The Morgan fingerprint density at radius 1 is 0.923 bits per heavy atom. The van der Waals surface area contributed by atoms with Crippen LogP contribution in [0.25, 0.3) is 16.8 Å². The molecule has 0 spiro atoms. The highest BCUT2D eigenvalue weighted by Crippen LogP contribution is 2.31. The monoisotopic (exact) mass is 546 g/mol. The first kappa shape index (κ1) is 26.1. The van der Waals surface area contributed by atoms with Gasteiger partial charge in [-0.2, -0.15) is 9.78 Å². The van der Waals surface area contributed by atoms with Gasteiger partial charge in [0.15, 0.2) is 0 Å². The highest BCUT2D eigenvalue weighted by Gasteiger charge is 2.26. The summed E-state index contributed by atoms with van der Waals surface area (Å²) in [7, 11) is 0. The van der Waals surface area contributed by atoms with Gasteiger partial charge in [0.2, 0.25) is 5.75 Å². The van der Waals surface area contributed by atoms with Crippen molar-refractivity contribution in [3.05, 3.63) is 94.4 Å². The molecule has 1 N–H and O–H groups in total. The van der Waals surface area contributed by atoms with Gasteiger partial charge < -0.3 is 24.4 Å². The summed E-state index contributed by atoms with van der Waals surface area (Å²) in [5, 5.41) is 14.5. The molecular weight excluding hydrogens is 520 g/mol. The van der Waals surface area contributed by atoms with Crippen LogP contribution in [0.3, 0.4) is 0 Å². The zero-order chi connectivity index (χ0) is 27.4. The molecule has 5 rings (SSSR count). The summed E-state index contributed by atoms with van der Waals surface area (Å²) in [6.45, 7) is 3.95. The second-order valence-electron chi connectivity index (χ2n) is 8.90. The number of benzene rings is 3. The van der Waals surface area contributed by atoms with Gasteiger partial charge in [-0.3, -0.25) is 4.79 Å². The molecule has 2 heterocycles. The number of rotatable bonds is 6. The standard InChI is InChI=1S/C29H27ClN4O5/c1-2-38-29(37)33-17-15-32(16-18-33)26-19-31-34(23-9-7-22(30)8-10-23)28(36)27(26)39-25-13-5-21(6-14-25)20-3-11-24(35)12-4-20/h3-14,19,35H,2,15-18H2,1H3. The van der Waals surface area contributed by atoms with Gasteiger partial charge in [-0.25, -0.2) is 4.79 Å². The number of carbonyl (C=O) groups is 1. The van der Waals surface area contributed by atoms with Crippen molar-refractivity contribution in [1.82, 2.24) is 14.7 Å². The lowest BCUT2D eigenvalue weighted by molar-refractivity contribution is 0.105. The van der Waals surface area contributed by atoms with Crippen molar-refractivity contribution in [2.24, 2.45) is 0 Å². The van der Waals surface area contributed by atoms with E-state index in [1.165, 1.54) is 4.68 Å². The van der Waals surface area contributed by atoms with Crippen LogP contribution in [-0.4, -0.2) is 58.7 Å². The van der Waals surface area contributed by atoms with Gasteiger partial charge in [-0.05, 0) is 66.6 Å². The maximum absolute atomic E-state index is 13.7. The number of hydrogen-bond donors (Lipinski definition) is 1. The van der Waals surface area contributed by atoms with Gasteiger partial charge in [-0.1, -0.05) is 35.9 Å². The van der Waals surface area contributed by atoms with E-state index in [0.29, 0.717) is 54.9 Å². The number of piperazine rings is 1. The molecule has 0 unspecified atom stereocenters. The average molecular weight is 547 g/mol. The number of phenolic OH excluding ortho intramolecular Hbond substituents is 1. The molecule has 1 aromatic heterocycles. The molecule has 4 aromatic rings. The van der Waals surface area contributed by atoms with E-state index < -0.39 is 5.56 Å². The Labute approximate surface area is 230 Å². The fourth-order valence-electron chi connectivity index (χ4n) is 4.35. The third-order valence-corrected chi connectivity index (χ3v) is 6.66. The normalized spacial score (nSPS) is 13.3. The second-order valence-corrected chi connectivity index (χ2v) is 9.34. The van der Waals surface area contributed by atoms with Crippen molar-refractivity contribution in [3.8, 4) is 34.1 Å². The molecule has 1 fully saturated rings. The van der Waals surface area contributed by atoms with E-state index in [0.717, 1.165) is 11.1 Å². The topological polar surface area (TPSA) is 97.1 Å². The number of hydrogen-bond acceptors (Lipinski definition) is 7. The molecule has 1 amide bonds. The quantitative estimate of drug-likeness (QED) is 0.349. The number of halogens is 1. The zero-order valence-electron chi connectivity index (χ0n) is 21.3. The van der Waals surface area contributed by atoms with Gasteiger partial charge in [0.05, 0.1) is 18.5 Å². The van der Waals surface area contributed by atoms with Gasteiger partial charge in [0, 0.05) is 31.2 Å². The van der Waals surface area contributed by atoms with Crippen LogP contribution >= 0.6 is 11.6 Å². The van der Waals surface area contributed by atoms with E-state index in [1.807, 2.05) is 29.2 Å². The van der Waals surface area contributed by atoms with Gasteiger partial charge in [0.25, 0.3) is 0 Å². The predicted octanol–water partition coefficient (Wildman–Crippen LogP) is 5.33. The maximum atomic E-state index is 13.7. The molecule has 9 nitrogen and oxygen atoms in total.